The molecule has 0 unspecified atom stereocenters. The molecule has 9 atom stereocenters. The van der Waals surface area contributed by atoms with Gasteiger partial charge in [-0.15, -0.1) is 0 Å². The standard InChI is InChI=1S/C29H47N5O10S.C26H42N4O8.C24H43N3O6S.C22H34N4O6/c1-18(2)25(21(35)16-19(26(39)29(3,4)5)10-9-14-31-28(30)41)33-27(40)20(17-45(42,43)44)32-22(36)11-7-6-8-15-34-23(37)12-13-24(34)38;1-17(2)23(19(31)15-18(24(35)26(3,4)5)7-6-10-28-25(27)36)29-20(32)16-38-14-13-37-12-11-30-21(33)8-9-22(30)34;1-7-34(32,33)15-10-8-9-13-20(29)27-21(17(2)3)19(28)16-18(22(30)24(4,5)6)12-11-14-26-23(25)31;1-13(2)19(25-16(28)12-26-17(29)8-9-18(26)30)15(27)11-14(20(31)22(3,4)5)7-6-10-24-21(23)32/h12-13,18-20,25H,6-11,14-17H2,1-5H3,(H,32,36)(H,33,40)(H3,30,31,41)(H,42,43,44);8-9,17-18,23H,6-7,10-16H2,1-5H3,(H,29,32)(H3,27,28,36);7,17-18,21H,1,8-16H2,2-6H3,(H,27,29)(H3,25,26,31);8-9,13-14,19H,6-7,10-12H2,1-5H3,(H,25,28)(H3,23,24,32)/p-1/t19-,20+,25+;18-,23+;18-,21+;14-,19+/m0100/s1. The van der Waals surface area contributed by atoms with E-state index in [9.17, 15) is 132 Å². The summed E-state index contributed by atoms with van der Waals surface area (Å²) >= 11 is 0. The predicted molar refractivity (Wildman–Crippen MR) is 551 cm³/mol. The SMILES string of the molecule is C=CS(=O)(=O)CCCCCC(=O)N[C@@H](C(=O)C[C@H](CCCNC(N)=O)C(=O)C(C)(C)C)C(C)C.CC(C)[C@@H](NC(=O)CN1C(=O)C=CC1=O)C(=O)C[C@H](CCCNC(N)=O)C(=O)C(C)(C)C.CC(C)[C@@H](NC(=O)[C@@H](CS(=O)(=O)[O-])NC(=O)CCCCCN1C(=O)C=CC1=O)C(=O)C[C@H](CCCNC(N)=O)C(=O)C(C)(C)C.CC(C)[C@H](NC(=O)COCCOCCN1C(=O)C=CC1=O)C(=O)C[C@@H](CCCNC(N)=O)C(=O)C(C)(C)C. The number of urea groups is 4. The maximum Gasteiger partial charge on any atom is 0.312 e. The normalized spacial score (nSPS) is 15.0. The summed E-state index contributed by atoms with van der Waals surface area (Å²) in [6.07, 6.45) is 12.6. The molecule has 0 aromatic rings. The van der Waals surface area contributed by atoms with Crippen molar-refractivity contribution in [2.24, 2.45) is 91.9 Å². The number of nitrogens with one attached hydrogen (secondary N) is 9. The second-order valence-corrected chi connectivity index (χ2v) is 45.9. The second kappa shape index (κ2) is 67.2. The zero-order valence-electron chi connectivity index (χ0n) is 90.3. The molecule has 3 heterocycles. The summed E-state index contributed by atoms with van der Waals surface area (Å²) in [7, 11) is -8.21. The molecule has 0 aromatic heterocycles. The van der Waals surface area contributed by atoms with Crippen molar-refractivity contribution >= 4 is 155 Å². The molecule has 842 valence electrons. The number of Topliss-reactive ketones (excluding diaryl/α,β-unsaturated/α-hetero) is 8. The van der Waals surface area contributed by atoms with Gasteiger partial charge in [0.05, 0.1) is 72.2 Å². The molecule has 0 saturated heterocycles. The Hall–Kier alpha value is -12.0. The number of rotatable bonds is 67. The lowest BCUT2D eigenvalue weighted by Crippen LogP contribution is -2.55. The zero-order valence-corrected chi connectivity index (χ0v) is 91.9. The van der Waals surface area contributed by atoms with Crippen molar-refractivity contribution in [3.05, 3.63) is 48.4 Å². The van der Waals surface area contributed by atoms with Gasteiger partial charge in [-0.3, -0.25) is 106 Å². The highest BCUT2D eigenvalue weighted by Crippen LogP contribution is 2.32. The predicted octanol–water partition coefficient (Wildman–Crippen LogP) is 4.58. The molecule has 3 rings (SSSR count). The quantitative estimate of drug-likeness (QED) is 0.0225. The minimum Gasteiger partial charge on any atom is -0.748 e. The molecule has 0 aliphatic carbocycles. The fraction of sp³-hybridized carbons (Fsp3) is 0.693. The van der Waals surface area contributed by atoms with Gasteiger partial charge in [0.2, 0.25) is 29.5 Å². The van der Waals surface area contributed by atoms with Crippen LogP contribution in [0.4, 0.5) is 19.2 Å². The van der Waals surface area contributed by atoms with Crippen molar-refractivity contribution in [2.45, 2.75) is 297 Å². The number of hydrogen-bond donors (Lipinski definition) is 13. The van der Waals surface area contributed by atoms with Gasteiger partial charge in [0, 0.05) is 158 Å². The van der Waals surface area contributed by atoms with Crippen molar-refractivity contribution in [3.63, 3.8) is 0 Å². The first kappa shape index (κ1) is 137. The smallest absolute Gasteiger partial charge is 0.312 e. The first-order valence-corrected chi connectivity index (χ1v) is 53.5. The summed E-state index contributed by atoms with van der Waals surface area (Å²) in [6.45, 7) is 39.6. The number of primary amides is 4. The van der Waals surface area contributed by atoms with Gasteiger partial charge in [0.15, 0.2) is 33.0 Å². The van der Waals surface area contributed by atoms with Gasteiger partial charge in [-0.05, 0) is 101 Å². The lowest BCUT2D eigenvalue weighted by Gasteiger charge is -2.28. The molecule has 0 saturated carbocycles. The van der Waals surface area contributed by atoms with E-state index in [1.807, 2.05) is 13.8 Å². The van der Waals surface area contributed by atoms with Crippen LogP contribution in [0.5, 0.6) is 0 Å². The molecule has 0 aromatic carbocycles. The molecule has 17 N–H and O–H groups in total. The summed E-state index contributed by atoms with van der Waals surface area (Å²) in [5.41, 5.74) is 17.6. The highest BCUT2D eigenvalue weighted by atomic mass is 32.2. The molecule has 3 aliphatic heterocycles. The fourth-order valence-corrected chi connectivity index (χ4v) is 17.1. The first-order chi connectivity index (χ1) is 68.8. The topological polar surface area (TPSA) is 724 Å². The molecule has 0 bridgehead atoms. The van der Waals surface area contributed by atoms with Crippen LogP contribution in [-0.4, -0.2) is 285 Å². The number of sulfone groups is 1. The number of hydrogen-bond acceptors (Lipinski definition) is 30. The summed E-state index contributed by atoms with van der Waals surface area (Å²) in [5, 5.41) is 23.6. The van der Waals surface area contributed by atoms with Crippen LogP contribution < -0.4 is 70.8 Å². The number of ketones is 8. The lowest BCUT2D eigenvalue weighted by molar-refractivity contribution is -0.142. The number of ether oxygens (including phenoxy) is 2. The Morgan fingerprint density at radius 2 is 0.644 bits per heavy atom. The van der Waals surface area contributed by atoms with E-state index in [2.05, 4.69) is 54.4 Å². The summed E-state index contributed by atoms with van der Waals surface area (Å²) in [6, 6.07) is -7.97. The average molecular weight is 2150 g/mol. The van der Waals surface area contributed by atoms with E-state index < -0.39 is 191 Å². The third-order valence-corrected chi connectivity index (χ3v) is 25.7. The number of unbranched alkanes of at least 4 members (excludes halogenated alkanes) is 4. The fourth-order valence-electron chi connectivity index (χ4n) is 15.7. The van der Waals surface area contributed by atoms with E-state index in [0.29, 0.717) is 96.6 Å². The minimum absolute atomic E-state index is 0.00335. The largest absolute Gasteiger partial charge is 0.748 e. The summed E-state index contributed by atoms with van der Waals surface area (Å²) in [5.74, 6) is -12.3. The van der Waals surface area contributed by atoms with Crippen molar-refractivity contribution in [3.8, 4) is 0 Å². The Labute approximate surface area is 875 Å². The molecule has 48 heteroatoms. The van der Waals surface area contributed by atoms with Crippen LogP contribution in [0.15, 0.2) is 48.4 Å². The number of imide groups is 3. The van der Waals surface area contributed by atoms with Crippen LogP contribution >= 0.6 is 0 Å². The van der Waals surface area contributed by atoms with Crippen LogP contribution in [0.25, 0.3) is 0 Å². The molecule has 19 amide bonds. The number of nitrogens with two attached hydrogens (primary N) is 4. The van der Waals surface area contributed by atoms with Gasteiger partial charge in [0.25, 0.3) is 35.4 Å². The second-order valence-electron chi connectivity index (χ2n) is 42.3. The Morgan fingerprint density at radius 1 is 0.362 bits per heavy atom. The van der Waals surface area contributed by atoms with Crippen LogP contribution in [0.2, 0.25) is 0 Å². The molecular formula is C101H165N16O30S2-. The lowest BCUT2D eigenvalue weighted by atomic mass is 9.78. The maximum atomic E-state index is 13.4. The third kappa shape index (κ3) is 57.5. The monoisotopic (exact) mass is 2150 g/mol. The van der Waals surface area contributed by atoms with Crippen LogP contribution in [-0.2, 0) is 121 Å². The van der Waals surface area contributed by atoms with E-state index in [4.69, 9.17) is 32.4 Å². The van der Waals surface area contributed by atoms with E-state index in [0.717, 1.165) is 32.3 Å². The molecule has 0 spiro atoms. The van der Waals surface area contributed by atoms with Crippen molar-refractivity contribution in [2.75, 3.05) is 83.7 Å². The van der Waals surface area contributed by atoms with Gasteiger partial charge in [-0.25, -0.2) is 36.0 Å². The Bertz CT molecular complexity index is 4910. The summed E-state index contributed by atoms with van der Waals surface area (Å²) in [4.78, 5) is 283. The minimum atomic E-state index is -4.97. The Morgan fingerprint density at radius 3 is 0.946 bits per heavy atom. The maximum absolute atomic E-state index is 13.4. The molecular weight excluding hydrogens is 1980 g/mol. The van der Waals surface area contributed by atoms with Crippen LogP contribution in [0.3, 0.4) is 0 Å². The number of amides is 19. The molecule has 149 heavy (non-hydrogen) atoms. The van der Waals surface area contributed by atoms with E-state index in [-0.39, 0.29) is 179 Å². The van der Waals surface area contributed by atoms with Gasteiger partial charge >= 0.3 is 24.1 Å². The van der Waals surface area contributed by atoms with Crippen LogP contribution in [0, 0.1) is 69.0 Å². The number of nitrogens with zero attached hydrogens (tertiary/aromatic N) is 3. The number of carbonyl (C=O) groups is 23. The molecule has 0 radical (unpaired) electrons. The first-order valence-electron chi connectivity index (χ1n) is 50.2. The zero-order chi connectivity index (χ0) is 115. The van der Waals surface area contributed by atoms with Crippen molar-refractivity contribution in [1.29, 1.82) is 0 Å². The molecule has 3 aliphatic rings. The summed E-state index contributed by atoms with van der Waals surface area (Å²) < 4.78 is 68.1. The van der Waals surface area contributed by atoms with Crippen molar-refractivity contribution < 1.29 is 141 Å². The van der Waals surface area contributed by atoms with E-state index in [1.54, 1.807) is 125 Å². The highest BCUT2D eigenvalue weighted by Gasteiger charge is 2.41. The van der Waals surface area contributed by atoms with E-state index >= 15 is 0 Å². The average Bonchev–Trinajstić information content (AvgIpc) is 1.29. The van der Waals surface area contributed by atoms with Gasteiger partial charge < -0.3 is 84.8 Å². The Kier molecular flexibility index (Phi) is 61.8. The number of carbonyl (C=O) groups excluding carboxylic acids is 23. The van der Waals surface area contributed by atoms with Crippen LogP contribution in [0.1, 0.15) is 267 Å². The van der Waals surface area contributed by atoms with Gasteiger partial charge in [0.1, 0.15) is 42.3 Å². The third-order valence-electron chi connectivity index (χ3n) is 23.6. The Balaban J connectivity index is 0.00000198. The molecule has 0 fully saturated rings. The van der Waals surface area contributed by atoms with Crippen molar-refractivity contribution in [1.82, 2.24) is 62.6 Å². The van der Waals surface area contributed by atoms with Gasteiger partial charge in [-0.1, -0.05) is 158 Å². The highest BCUT2D eigenvalue weighted by molar-refractivity contribution is 7.94. The van der Waals surface area contributed by atoms with Gasteiger partial charge in [-0.2, -0.15) is 0 Å². The molecule has 46 nitrogen and oxygen atoms in total. The van der Waals surface area contributed by atoms with E-state index in [1.165, 1.54) is 24.3 Å².